The predicted molar refractivity (Wildman–Crippen MR) is 40.3 cm³/mol. The molecule has 0 fully saturated rings. The molecule has 0 N–H and O–H groups in total. The van der Waals surface area contributed by atoms with Gasteiger partial charge in [0.25, 0.3) is 0 Å². The second-order valence-corrected chi connectivity index (χ2v) is 3.46. The van der Waals surface area contributed by atoms with Gasteiger partial charge in [-0.3, -0.25) is 0 Å². The standard InChI is InChI=1S/C8H15O2/c1-5-7(10-6-9)8(2,3)4/h7H,5H2,1-4H3. The lowest BCUT2D eigenvalue weighted by molar-refractivity contribution is 0.0680. The first-order valence-corrected chi connectivity index (χ1v) is 3.55. The van der Waals surface area contributed by atoms with Crippen LogP contribution in [-0.2, 0) is 9.53 Å². The van der Waals surface area contributed by atoms with Crippen molar-refractivity contribution < 1.29 is 9.53 Å². The summed E-state index contributed by atoms with van der Waals surface area (Å²) in [5.41, 5.74) is 0.0339. The molecule has 0 aliphatic rings. The van der Waals surface area contributed by atoms with Gasteiger partial charge in [0.1, 0.15) is 6.10 Å². The third kappa shape index (κ3) is 2.85. The fourth-order valence-electron chi connectivity index (χ4n) is 0.931. The van der Waals surface area contributed by atoms with E-state index in [2.05, 4.69) is 0 Å². The third-order valence-electron chi connectivity index (χ3n) is 1.53. The van der Waals surface area contributed by atoms with Crippen LogP contribution in [0.2, 0.25) is 0 Å². The van der Waals surface area contributed by atoms with Crippen LogP contribution in [-0.4, -0.2) is 12.6 Å². The van der Waals surface area contributed by atoms with Crippen LogP contribution in [0, 0.1) is 5.41 Å². The van der Waals surface area contributed by atoms with Gasteiger partial charge in [-0.05, 0) is 11.8 Å². The lowest BCUT2D eigenvalue weighted by Crippen LogP contribution is -2.28. The van der Waals surface area contributed by atoms with E-state index in [4.69, 9.17) is 4.74 Å². The van der Waals surface area contributed by atoms with Crippen LogP contribution < -0.4 is 0 Å². The normalized spacial score (nSPS) is 14.4. The van der Waals surface area contributed by atoms with Gasteiger partial charge < -0.3 is 4.74 Å². The van der Waals surface area contributed by atoms with E-state index in [0.717, 1.165) is 6.42 Å². The molecule has 10 heavy (non-hydrogen) atoms. The van der Waals surface area contributed by atoms with Crippen LogP contribution in [0.4, 0.5) is 0 Å². The highest BCUT2D eigenvalue weighted by Gasteiger charge is 2.23. The van der Waals surface area contributed by atoms with Crippen LogP contribution in [0.1, 0.15) is 34.1 Å². The third-order valence-corrected chi connectivity index (χ3v) is 1.53. The van der Waals surface area contributed by atoms with E-state index in [1.54, 1.807) is 0 Å². The summed E-state index contributed by atoms with van der Waals surface area (Å²) < 4.78 is 4.75. The summed E-state index contributed by atoms with van der Waals surface area (Å²) in [5.74, 6) is 0. The fraction of sp³-hybridized carbons (Fsp3) is 0.875. The first-order chi connectivity index (χ1) is 4.52. The van der Waals surface area contributed by atoms with Crippen LogP contribution in [0.25, 0.3) is 0 Å². The highest BCUT2D eigenvalue weighted by molar-refractivity contribution is 5.38. The maximum atomic E-state index is 9.87. The van der Waals surface area contributed by atoms with Gasteiger partial charge in [0.15, 0.2) is 0 Å². The number of carbonyl (C=O) groups excluding carboxylic acids is 1. The van der Waals surface area contributed by atoms with Crippen molar-refractivity contribution in [3.8, 4) is 0 Å². The van der Waals surface area contributed by atoms with Crippen LogP contribution >= 0.6 is 0 Å². The molecule has 0 spiro atoms. The Bertz CT molecular complexity index is 102. The molecule has 0 saturated carbocycles. The summed E-state index contributed by atoms with van der Waals surface area (Å²) in [6.45, 7) is 9.59. The average molecular weight is 143 g/mol. The largest absolute Gasteiger partial charge is 0.453 e. The Morgan fingerprint density at radius 3 is 2.10 bits per heavy atom. The summed E-state index contributed by atoms with van der Waals surface area (Å²) in [6.07, 6.45) is 0.837. The van der Waals surface area contributed by atoms with Gasteiger partial charge in [-0.15, -0.1) is 0 Å². The average Bonchev–Trinajstić information content (AvgIpc) is 1.80. The van der Waals surface area contributed by atoms with Gasteiger partial charge in [0.05, 0.1) is 0 Å². The highest BCUT2D eigenvalue weighted by atomic mass is 16.5. The van der Waals surface area contributed by atoms with Gasteiger partial charge in [0, 0.05) is 0 Å². The molecule has 0 rings (SSSR count). The second kappa shape index (κ2) is 3.59. The van der Waals surface area contributed by atoms with Crippen molar-refractivity contribution in [1.82, 2.24) is 0 Å². The minimum absolute atomic E-state index is 0.00926. The lowest BCUT2D eigenvalue weighted by atomic mass is 9.87. The van der Waals surface area contributed by atoms with E-state index in [-0.39, 0.29) is 11.5 Å². The van der Waals surface area contributed by atoms with E-state index in [1.165, 1.54) is 6.47 Å². The molecule has 2 heteroatoms. The van der Waals surface area contributed by atoms with Gasteiger partial charge >= 0.3 is 6.47 Å². The van der Waals surface area contributed by atoms with Crippen LogP contribution in [0.3, 0.4) is 0 Å². The summed E-state index contributed by atoms with van der Waals surface area (Å²) in [4.78, 5) is 9.87. The van der Waals surface area contributed by atoms with Gasteiger partial charge in [-0.2, -0.15) is 0 Å². The number of hydrogen-bond acceptors (Lipinski definition) is 2. The van der Waals surface area contributed by atoms with E-state index < -0.39 is 0 Å². The molecule has 0 bridgehead atoms. The first kappa shape index (κ1) is 9.47. The number of hydrogen-bond donors (Lipinski definition) is 0. The van der Waals surface area contributed by atoms with Crippen molar-refractivity contribution in [2.75, 3.05) is 0 Å². The molecule has 59 valence electrons. The van der Waals surface area contributed by atoms with Crippen molar-refractivity contribution in [1.29, 1.82) is 0 Å². The Balaban J connectivity index is 3.92. The Morgan fingerprint density at radius 2 is 2.00 bits per heavy atom. The zero-order valence-electron chi connectivity index (χ0n) is 7.10. The van der Waals surface area contributed by atoms with Crippen LogP contribution in [0.5, 0.6) is 0 Å². The second-order valence-electron chi connectivity index (χ2n) is 3.46. The van der Waals surface area contributed by atoms with Crippen LogP contribution in [0.15, 0.2) is 0 Å². The lowest BCUT2D eigenvalue weighted by Gasteiger charge is -2.26. The quantitative estimate of drug-likeness (QED) is 0.603. The molecule has 0 aromatic carbocycles. The number of ether oxygens (including phenoxy) is 1. The van der Waals surface area contributed by atoms with Crippen molar-refractivity contribution in [2.24, 2.45) is 5.41 Å². The van der Waals surface area contributed by atoms with E-state index >= 15 is 0 Å². The molecular weight excluding hydrogens is 128 g/mol. The molecular formula is C8H15O2. The smallest absolute Gasteiger partial charge is 0.417 e. The van der Waals surface area contributed by atoms with Crippen molar-refractivity contribution in [3.63, 3.8) is 0 Å². The molecule has 2 nitrogen and oxygen atoms in total. The van der Waals surface area contributed by atoms with E-state index in [0.29, 0.717) is 0 Å². The Labute approximate surface area is 62.6 Å². The summed E-state index contributed by atoms with van der Waals surface area (Å²) in [7, 11) is 0. The van der Waals surface area contributed by atoms with Gasteiger partial charge in [0.2, 0.25) is 0 Å². The van der Waals surface area contributed by atoms with Crippen molar-refractivity contribution in [3.05, 3.63) is 0 Å². The predicted octanol–water partition coefficient (Wildman–Crippen LogP) is 1.89. The molecule has 0 heterocycles. The minimum atomic E-state index is -0.00926. The highest BCUT2D eigenvalue weighted by Crippen LogP contribution is 2.23. The monoisotopic (exact) mass is 143 g/mol. The minimum Gasteiger partial charge on any atom is -0.453 e. The topological polar surface area (TPSA) is 26.3 Å². The van der Waals surface area contributed by atoms with Gasteiger partial charge in [-0.25, -0.2) is 4.79 Å². The Hall–Kier alpha value is -0.530. The Kier molecular flexibility index (Phi) is 3.40. The van der Waals surface area contributed by atoms with Crippen molar-refractivity contribution >= 4 is 6.47 Å². The maximum absolute atomic E-state index is 9.87. The summed E-state index contributed by atoms with van der Waals surface area (Å²) in [5, 5.41) is 0. The molecule has 1 unspecified atom stereocenters. The first-order valence-electron chi connectivity index (χ1n) is 3.55. The molecule has 0 aliphatic heterocycles. The molecule has 0 aromatic heterocycles. The molecule has 0 amide bonds. The maximum Gasteiger partial charge on any atom is 0.417 e. The van der Waals surface area contributed by atoms with E-state index in [1.807, 2.05) is 27.7 Å². The zero-order chi connectivity index (χ0) is 8.20. The molecule has 0 aromatic rings. The van der Waals surface area contributed by atoms with Crippen molar-refractivity contribution in [2.45, 2.75) is 40.2 Å². The Morgan fingerprint density at radius 1 is 1.50 bits per heavy atom. The molecule has 0 saturated heterocycles. The summed E-state index contributed by atoms with van der Waals surface area (Å²) >= 11 is 0. The molecule has 0 aliphatic carbocycles. The SMILES string of the molecule is CCC(O[C]=O)C(C)(C)C. The molecule has 1 atom stereocenters. The zero-order valence-corrected chi connectivity index (χ0v) is 7.10. The fourth-order valence-corrected chi connectivity index (χ4v) is 0.931. The van der Waals surface area contributed by atoms with Gasteiger partial charge in [-0.1, -0.05) is 27.7 Å². The molecule has 1 radical (unpaired) electrons. The van der Waals surface area contributed by atoms with E-state index in [9.17, 15) is 4.79 Å². The number of rotatable bonds is 3. The summed E-state index contributed by atoms with van der Waals surface area (Å²) in [6, 6.07) is 0.